The number of carbonyl (C=O) groups is 1. The first-order valence-corrected chi connectivity index (χ1v) is 12.9. The fourth-order valence-electron chi connectivity index (χ4n) is 2.97. The maximum absolute atomic E-state index is 12.7. The molecule has 194 valence electrons. The molecule has 0 bridgehead atoms. The summed E-state index contributed by atoms with van der Waals surface area (Å²) in [6, 6.07) is 6.94. The third kappa shape index (κ3) is 9.46. The number of benzene rings is 2. The number of hydrogen-bond acceptors (Lipinski definition) is 6. The summed E-state index contributed by atoms with van der Waals surface area (Å²) in [5.74, 6) is -0.443. The molecule has 0 saturated heterocycles. The van der Waals surface area contributed by atoms with E-state index in [4.69, 9.17) is 21.1 Å². The van der Waals surface area contributed by atoms with Crippen LogP contribution in [0.1, 0.15) is 19.4 Å². The Morgan fingerprint density at radius 2 is 1.71 bits per heavy atom. The fourth-order valence-corrected chi connectivity index (χ4v) is 3.77. The lowest BCUT2D eigenvalue weighted by Crippen LogP contribution is -2.28. The molecule has 2 aromatic carbocycles. The first kappa shape index (κ1) is 28.5. The number of nitrogens with one attached hydrogen (secondary N) is 2. The third-order valence-electron chi connectivity index (χ3n) is 4.74. The minimum atomic E-state index is -4.56. The van der Waals surface area contributed by atoms with Crippen LogP contribution in [-0.4, -0.2) is 58.3 Å². The number of hydrogen-bond donors (Lipinski definition) is 2. The van der Waals surface area contributed by atoms with Gasteiger partial charge in [0.2, 0.25) is 10.0 Å². The maximum atomic E-state index is 12.7. The van der Waals surface area contributed by atoms with Crippen LogP contribution in [0, 0.1) is 0 Å². The normalized spacial score (nSPS) is 11.9. The van der Waals surface area contributed by atoms with E-state index in [1.807, 2.05) is 13.8 Å². The van der Waals surface area contributed by atoms with Crippen LogP contribution in [0.3, 0.4) is 0 Å². The first-order chi connectivity index (χ1) is 16.3. The van der Waals surface area contributed by atoms with Crippen molar-refractivity contribution in [2.75, 3.05) is 49.1 Å². The van der Waals surface area contributed by atoms with Gasteiger partial charge in [0.05, 0.1) is 22.5 Å². The summed E-state index contributed by atoms with van der Waals surface area (Å²) in [7, 11) is -3.63. The van der Waals surface area contributed by atoms with Crippen LogP contribution in [-0.2, 0) is 21.0 Å². The van der Waals surface area contributed by atoms with Crippen molar-refractivity contribution in [2.45, 2.75) is 20.0 Å². The molecule has 0 atom stereocenters. The molecular weight excluding hydrogens is 511 g/mol. The number of sulfonamides is 1. The topological polar surface area (TPSA) is 97.0 Å². The monoisotopic (exact) mass is 537 g/mol. The first-order valence-electron chi connectivity index (χ1n) is 10.6. The SMILES string of the molecule is CCN(CC)CCOc1ccc(NC(=O)COc2ccc(C(F)(F)F)cc2Cl)cc1NS(C)(=O)=O. The largest absolute Gasteiger partial charge is 0.490 e. The Balaban J connectivity index is 2.06. The molecule has 0 unspecified atom stereocenters. The van der Waals surface area contributed by atoms with Gasteiger partial charge in [-0.25, -0.2) is 8.42 Å². The molecule has 0 saturated carbocycles. The lowest BCUT2D eigenvalue weighted by Gasteiger charge is -2.19. The van der Waals surface area contributed by atoms with Gasteiger partial charge in [-0.1, -0.05) is 25.4 Å². The highest BCUT2D eigenvalue weighted by molar-refractivity contribution is 7.92. The minimum absolute atomic E-state index is 0.0915. The van der Waals surface area contributed by atoms with E-state index >= 15 is 0 Å². The molecule has 35 heavy (non-hydrogen) atoms. The van der Waals surface area contributed by atoms with Crippen molar-refractivity contribution in [1.82, 2.24) is 4.90 Å². The van der Waals surface area contributed by atoms with Gasteiger partial charge >= 0.3 is 6.18 Å². The minimum Gasteiger partial charge on any atom is -0.490 e. The summed E-state index contributed by atoms with van der Waals surface area (Å²) in [5.41, 5.74) is -0.555. The highest BCUT2D eigenvalue weighted by Crippen LogP contribution is 2.34. The van der Waals surface area contributed by atoms with Crippen molar-refractivity contribution < 1.29 is 35.9 Å². The number of anilines is 2. The van der Waals surface area contributed by atoms with E-state index in [2.05, 4.69) is 14.9 Å². The predicted octanol–water partition coefficient (Wildman–Crippen LogP) is 4.47. The average molecular weight is 538 g/mol. The van der Waals surface area contributed by atoms with Crippen molar-refractivity contribution in [2.24, 2.45) is 0 Å². The molecule has 0 spiro atoms. The van der Waals surface area contributed by atoms with E-state index in [0.29, 0.717) is 19.2 Å². The molecule has 0 heterocycles. The second kappa shape index (κ2) is 12.3. The predicted molar refractivity (Wildman–Crippen MR) is 129 cm³/mol. The van der Waals surface area contributed by atoms with Crippen molar-refractivity contribution in [1.29, 1.82) is 0 Å². The van der Waals surface area contributed by atoms with Crippen LogP contribution in [0.2, 0.25) is 5.02 Å². The number of ether oxygens (including phenoxy) is 2. The Hall–Kier alpha value is -2.70. The van der Waals surface area contributed by atoms with Crippen LogP contribution in [0.25, 0.3) is 0 Å². The van der Waals surface area contributed by atoms with Crippen molar-refractivity contribution in [3.63, 3.8) is 0 Å². The van der Waals surface area contributed by atoms with Crippen LogP contribution in [0.4, 0.5) is 24.5 Å². The molecule has 2 aromatic rings. The molecule has 0 aliphatic heterocycles. The maximum Gasteiger partial charge on any atom is 0.416 e. The smallest absolute Gasteiger partial charge is 0.416 e. The standard InChI is InChI=1S/C22H27ClF3N3O5S/c1-4-29(5-2)10-11-33-20-9-7-16(13-18(20)28-35(3,31)32)27-21(30)14-34-19-8-6-15(12-17(19)23)22(24,25)26/h6-9,12-13,28H,4-5,10-11,14H2,1-3H3,(H,27,30). The quantitative estimate of drug-likeness (QED) is 0.415. The Bertz CT molecular complexity index is 1130. The van der Waals surface area contributed by atoms with Gasteiger partial charge in [0.1, 0.15) is 18.1 Å². The average Bonchev–Trinajstić information content (AvgIpc) is 2.75. The number of rotatable bonds is 12. The van der Waals surface area contributed by atoms with Crippen molar-refractivity contribution >= 4 is 38.9 Å². The Kier molecular flexibility index (Phi) is 10.0. The highest BCUT2D eigenvalue weighted by Gasteiger charge is 2.31. The van der Waals surface area contributed by atoms with Gasteiger partial charge in [0, 0.05) is 12.2 Å². The van der Waals surface area contributed by atoms with Crippen LogP contribution in [0.15, 0.2) is 36.4 Å². The van der Waals surface area contributed by atoms with E-state index in [1.165, 1.54) is 18.2 Å². The van der Waals surface area contributed by atoms with E-state index < -0.39 is 34.3 Å². The van der Waals surface area contributed by atoms with Crippen molar-refractivity contribution in [3.8, 4) is 11.5 Å². The molecule has 0 aliphatic rings. The Morgan fingerprint density at radius 3 is 2.29 bits per heavy atom. The molecule has 0 fully saturated rings. The van der Waals surface area contributed by atoms with Crippen LogP contribution >= 0.6 is 11.6 Å². The zero-order valence-electron chi connectivity index (χ0n) is 19.4. The van der Waals surface area contributed by atoms with Crippen LogP contribution < -0.4 is 19.5 Å². The van der Waals surface area contributed by atoms with E-state index in [9.17, 15) is 26.4 Å². The molecule has 13 heteroatoms. The summed E-state index contributed by atoms with van der Waals surface area (Å²) in [6.07, 6.45) is -3.57. The van der Waals surface area contributed by atoms with Gasteiger partial charge < -0.3 is 19.7 Å². The van der Waals surface area contributed by atoms with Crippen molar-refractivity contribution in [3.05, 3.63) is 47.0 Å². The van der Waals surface area contributed by atoms with Crippen LogP contribution in [0.5, 0.6) is 11.5 Å². The molecule has 0 aromatic heterocycles. The summed E-state index contributed by atoms with van der Waals surface area (Å²) < 4.78 is 75.1. The zero-order valence-corrected chi connectivity index (χ0v) is 21.0. The molecule has 0 aliphatic carbocycles. The highest BCUT2D eigenvalue weighted by atomic mass is 35.5. The summed E-state index contributed by atoms with van der Waals surface area (Å²) in [4.78, 5) is 14.4. The van der Waals surface area contributed by atoms with E-state index in [0.717, 1.165) is 31.5 Å². The molecule has 0 radical (unpaired) electrons. The lowest BCUT2D eigenvalue weighted by atomic mass is 10.2. The molecule has 1 amide bonds. The summed E-state index contributed by atoms with van der Waals surface area (Å²) in [6.45, 7) is 6.17. The van der Waals surface area contributed by atoms with Gasteiger partial charge in [0.15, 0.2) is 6.61 Å². The number of halogens is 4. The Labute approximate surface area is 207 Å². The molecule has 2 N–H and O–H groups in total. The summed E-state index contributed by atoms with van der Waals surface area (Å²) >= 11 is 5.82. The number of alkyl halides is 3. The number of likely N-dealkylation sites (N-methyl/N-ethyl adjacent to an activating group) is 1. The number of amides is 1. The number of carbonyl (C=O) groups excluding carboxylic acids is 1. The Morgan fingerprint density at radius 1 is 1.06 bits per heavy atom. The third-order valence-corrected chi connectivity index (χ3v) is 5.62. The van der Waals surface area contributed by atoms with Gasteiger partial charge in [-0.2, -0.15) is 13.2 Å². The van der Waals surface area contributed by atoms with Gasteiger partial charge in [-0.3, -0.25) is 9.52 Å². The fraction of sp³-hybridized carbons (Fsp3) is 0.409. The number of nitrogens with zero attached hydrogens (tertiary/aromatic N) is 1. The molecule has 8 nitrogen and oxygen atoms in total. The zero-order chi connectivity index (χ0) is 26.2. The lowest BCUT2D eigenvalue weighted by molar-refractivity contribution is -0.137. The van der Waals surface area contributed by atoms with E-state index in [-0.39, 0.29) is 27.9 Å². The molecular formula is C22H27ClF3N3O5S. The van der Waals surface area contributed by atoms with Gasteiger partial charge in [-0.05, 0) is 49.5 Å². The van der Waals surface area contributed by atoms with Gasteiger partial charge in [-0.15, -0.1) is 0 Å². The second-order valence-electron chi connectivity index (χ2n) is 7.44. The molecule has 2 rings (SSSR count). The summed E-state index contributed by atoms with van der Waals surface area (Å²) in [5, 5.41) is 2.23. The van der Waals surface area contributed by atoms with E-state index in [1.54, 1.807) is 0 Å². The second-order valence-corrected chi connectivity index (χ2v) is 9.60. The van der Waals surface area contributed by atoms with Gasteiger partial charge in [0.25, 0.3) is 5.91 Å².